The molecule has 7 nitrogen and oxygen atoms in total. The minimum Gasteiger partial charge on any atom is -0.325 e. The minimum absolute atomic E-state index is 0.279. The maximum absolute atomic E-state index is 12.1. The number of amides is 2. The van der Waals surface area contributed by atoms with Crippen LogP contribution >= 0.6 is 11.5 Å². The minimum atomic E-state index is -0.421. The van der Waals surface area contributed by atoms with Crippen molar-refractivity contribution in [1.29, 1.82) is 0 Å². The summed E-state index contributed by atoms with van der Waals surface area (Å²) in [6.45, 7) is 0. The first-order valence-corrected chi connectivity index (χ1v) is 7.73. The van der Waals surface area contributed by atoms with Crippen molar-refractivity contribution in [1.82, 2.24) is 24.6 Å². The van der Waals surface area contributed by atoms with Gasteiger partial charge in [-0.05, 0) is 31.7 Å². The highest BCUT2D eigenvalue weighted by atomic mass is 32.1. The fourth-order valence-corrected chi connectivity index (χ4v) is 2.86. The average Bonchev–Trinajstić information content (AvgIpc) is 3.41. The van der Waals surface area contributed by atoms with Crippen molar-refractivity contribution in [3.8, 4) is 0 Å². The number of nitrogens with zero attached hydrogens (tertiary/aromatic N) is 4. The van der Waals surface area contributed by atoms with Crippen LogP contribution in [0.25, 0.3) is 0 Å². The molecular weight excluding hydrogens is 288 g/mol. The predicted molar refractivity (Wildman–Crippen MR) is 77.0 cm³/mol. The highest BCUT2D eigenvalue weighted by Gasteiger charge is 2.48. The van der Waals surface area contributed by atoms with Crippen molar-refractivity contribution in [3.63, 3.8) is 0 Å². The van der Waals surface area contributed by atoms with Crippen LogP contribution in [0.15, 0.2) is 18.5 Å². The first kappa shape index (κ1) is 12.6. The number of anilines is 1. The molecule has 2 N–H and O–H groups in total. The topological polar surface area (TPSA) is 92.7 Å². The first-order valence-electron chi connectivity index (χ1n) is 6.95. The van der Waals surface area contributed by atoms with E-state index in [-0.39, 0.29) is 6.03 Å². The Bertz CT molecular complexity index is 664. The number of carbonyl (C=O) groups excluding carboxylic acids is 1. The molecule has 2 heterocycles. The highest BCUT2D eigenvalue weighted by molar-refractivity contribution is 7.09. The molecule has 0 aliphatic heterocycles. The van der Waals surface area contributed by atoms with Crippen molar-refractivity contribution < 1.29 is 4.79 Å². The van der Waals surface area contributed by atoms with Crippen LogP contribution in [0.5, 0.6) is 0 Å². The van der Waals surface area contributed by atoms with E-state index in [0.717, 1.165) is 31.5 Å². The van der Waals surface area contributed by atoms with Gasteiger partial charge in [-0.15, -0.1) is 0 Å². The molecule has 2 aliphatic carbocycles. The van der Waals surface area contributed by atoms with Crippen molar-refractivity contribution in [3.05, 3.63) is 30.1 Å². The molecule has 0 radical (unpaired) electrons. The summed E-state index contributed by atoms with van der Waals surface area (Å²) in [7, 11) is 0. The number of hydrogen-bond acceptors (Lipinski definition) is 6. The zero-order valence-corrected chi connectivity index (χ0v) is 12.1. The fraction of sp³-hybridized carbons (Fsp3) is 0.462. The van der Waals surface area contributed by atoms with Gasteiger partial charge in [-0.25, -0.2) is 19.7 Å². The van der Waals surface area contributed by atoms with Gasteiger partial charge >= 0.3 is 6.03 Å². The Kier molecular flexibility index (Phi) is 2.85. The maximum atomic E-state index is 12.1. The van der Waals surface area contributed by atoms with Crippen molar-refractivity contribution in [2.45, 2.75) is 37.1 Å². The Morgan fingerprint density at radius 1 is 1.29 bits per heavy atom. The molecule has 2 fully saturated rings. The Hall–Kier alpha value is -2.09. The molecule has 108 valence electrons. The monoisotopic (exact) mass is 302 g/mol. The lowest BCUT2D eigenvalue weighted by molar-refractivity contribution is 0.246. The van der Waals surface area contributed by atoms with Crippen molar-refractivity contribution in [2.75, 3.05) is 5.32 Å². The van der Waals surface area contributed by atoms with E-state index >= 15 is 0 Å². The molecule has 4 rings (SSSR count). The summed E-state index contributed by atoms with van der Waals surface area (Å²) in [5.74, 6) is 2.01. The van der Waals surface area contributed by atoms with Gasteiger partial charge in [0.15, 0.2) is 5.82 Å². The van der Waals surface area contributed by atoms with Gasteiger partial charge < -0.3 is 5.32 Å². The van der Waals surface area contributed by atoms with Crippen LogP contribution in [-0.4, -0.2) is 25.4 Å². The van der Waals surface area contributed by atoms with Crippen LogP contribution < -0.4 is 10.6 Å². The molecule has 2 saturated carbocycles. The molecule has 0 aromatic carbocycles. The number of urea groups is 1. The zero-order valence-electron chi connectivity index (χ0n) is 11.2. The lowest BCUT2D eigenvalue weighted by Crippen LogP contribution is -2.39. The molecule has 0 bridgehead atoms. The lowest BCUT2D eigenvalue weighted by Gasteiger charge is -2.15. The van der Waals surface area contributed by atoms with E-state index in [0.29, 0.717) is 16.9 Å². The van der Waals surface area contributed by atoms with Gasteiger partial charge in [-0.3, -0.25) is 5.32 Å². The Balaban J connectivity index is 1.41. The van der Waals surface area contributed by atoms with Crippen LogP contribution in [-0.2, 0) is 5.54 Å². The van der Waals surface area contributed by atoms with E-state index in [2.05, 4.69) is 30.0 Å². The van der Waals surface area contributed by atoms with Gasteiger partial charge in [0.2, 0.25) is 5.13 Å². The predicted octanol–water partition coefficient (Wildman–Crippen LogP) is 2.02. The van der Waals surface area contributed by atoms with E-state index in [4.69, 9.17) is 0 Å². The quantitative estimate of drug-likeness (QED) is 0.901. The Morgan fingerprint density at radius 2 is 2.05 bits per heavy atom. The van der Waals surface area contributed by atoms with E-state index in [1.54, 1.807) is 18.5 Å². The van der Waals surface area contributed by atoms with Crippen molar-refractivity contribution >= 4 is 22.7 Å². The summed E-state index contributed by atoms with van der Waals surface area (Å²) in [4.78, 5) is 24.9. The van der Waals surface area contributed by atoms with Crippen LogP contribution in [0.2, 0.25) is 0 Å². The lowest BCUT2D eigenvalue weighted by atomic mass is 10.2. The van der Waals surface area contributed by atoms with Gasteiger partial charge in [-0.2, -0.15) is 4.37 Å². The summed E-state index contributed by atoms with van der Waals surface area (Å²) in [6, 6.07) is 1.48. The molecule has 0 saturated heterocycles. The molecule has 2 amide bonds. The molecule has 0 spiro atoms. The van der Waals surface area contributed by atoms with Crippen LogP contribution in [0, 0.1) is 0 Å². The second-order valence-electron chi connectivity index (χ2n) is 5.47. The molecular formula is C13H14N6OS. The molecule has 2 aromatic rings. The van der Waals surface area contributed by atoms with E-state index in [9.17, 15) is 4.79 Å². The first-order chi connectivity index (χ1) is 10.3. The molecule has 8 heteroatoms. The van der Waals surface area contributed by atoms with Crippen LogP contribution in [0.4, 0.5) is 9.93 Å². The fourth-order valence-electron chi connectivity index (χ4n) is 2.21. The smallest absolute Gasteiger partial charge is 0.321 e. The molecule has 2 aromatic heterocycles. The van der Waals surface area contributed by atoms with Gasteiger partial charge in [-0.1, -0.05) is 0 Å². The second-order valence-corrected chi connectivity index (χ2v) is 6.22. The number of carbonyl (C=O) groups is 1. The summed E-state index contributed by atoms with van der Waals surface area (Å²) < 4.78 is 4.26. The number of rotatable bonds is 4. The third-order valence-corrected chi connectivity index (χ3v) is 4.35. The van der Waals surface area contributed by atoms with Gasteiger partial charge in [0, 0.05) is 29.8 Å². The maximum Gasteiger partial charge on any atom is 0.321 e. The van der Waals surface area contributed by atoms with E-state index in [1.807, 2.05) is 0 Å². The average molecular weight is 302 g/mol. The molecule has 0 atom stereocenters. The van der Waals surface area contributed by atoms with E-state index in [1.165, 1.54) is 11.5 Å². The number of hydrogen-bond donors (Lipinski definition) is 2. The van der Waals surface area contributed by atoms with Crippen LogP contribution in [0.3, 0.4) is 0 Å². The van der Waals surface area contributed by atoms with Crippen LogP contribution in [0.1, 0.15) is 43.3 Å². The van der Waals surface area contributed by atoms with Crippen molar-refractivity contribution in [2.24, 2.45) is 0 Å². The highest BCUT2D eigenvalue weighted by Crippen LogP contribution is 2.43. The summed E-state index contributed by atoms with van der Waals surface area (Å²) in [5, 5.41) is 6.24. The summed E-state index contributed by atoms with van der Waals surface area (Å²) >= 11 is 1.22. The summed E-state index contributed by atoms with van der Waals surface area (Å²) in [5.41, 5.74) is -0.421. The largest absolute Gasteiger partial charge is 0.325 e. The van der Waals surface area contributed by atoms with Gasteiger partial charge in [0.1, 0.15) is 11.4 Å². The molecule has 21 heavy (non-hydrogen) atoms. The molecule has 0 unspecified atom stereocenters. The standard InChI is InChI=1S/C13H14N6OS/c20-11(17-12-16-9(19-21-12)8-2-3-8)18-13(4-5-13)10-14-6-1-7-15-10/h1,6-8H,2-5H2,(H2,16,17,18,19,20). The third kappa shape index (κ3) is 2.58. The Morgan fingerprint density at radius 3 is 2.71 bits per heavy atom. The van der Waals surface area contributed by atoms with Gasteiger partial charge in [0.25, 0.3) is 0 Å². The second kappa shape index (κ2) is 4.73. The molecule has 2 aliphatic rings. The summed E-state index contributed by atoms with van der Waals surface area (Å²) in [6.07, 6.45) is 7.39. The Labute approximate surface area is 125 Å². The normalized spacial score (nSPS) is 19.0. The SMILES string of the molecule is O=C(Nc1nc(C2CC2)ns1)NC1(c2ncccn2)CC1. The third-order valence-electron chi connectivity index (χ3n) is 3.70. The zero-order chi connectivity index (χ0) is 14.3. The number of aromatic nitrogens is 4. The van der Waals surface area contributed by atoms with Gasteiger partial charge in [0.05, 0.1) is 0 Å². The van der Waals surface area contributed by atoms with E-state index < -0.39 is 5.54 Å². The number of nitrogens with one attached hydrogen (secondary N) is 2.